The highest BCUT2D eigenvalue weighted by Gasteiger charge is 2.17. The molecule has 0 spiro atoms. The van der Waals surface area contributed by atoms with Crippen molar-refractivity contribution in [2.45, 2.75) is 103 Å². The van der Waals surface area contributed by atoms with Crippen LogP contribution in [0.4, 0.5) is 0 Å². The predicted octanol–water partition coefficient (Wildman–Crippen LogP) is 5.69. The third-order valence-corrected chi connectivity index (χ3v) is 4.74. The van der Waals surface area contributed by atoms with Crippen molar-refractivity contribution in [2.24, 2.45) is 5.92 Å². The van der Waals surface area contributed by atoms with Gasteiger partial charge in [-0.25, -0.2) is 0 Å². The van der Waals surface area contributed by atoms with E-state index in [1.807, 2.05) is 0 Å². The van der Waals surface area contributed by atoms with Crippen LogP contribution in [0.15, 0.2) is 0 Å². The van der Waals surface area contributed by atoms with Crippen LogP contribution in [0.3, 0.4) is 0 Å². The molecule has 1 rings (SSSR count). The molecule has 1 aliphatic carbocycles. The summed E-state index contributed by atoms with van der Waals surface area (Å²) in [5.74, 6) is 1.02. The molecule has 0 aromatic carbocycles. The molecule has 1 heteroatoms. The standard InChI is InChI=1S/C18H37N/c1-3-5-6-7-12-15-18(19-4-2)16-17-13-10-8-9-11-14-17/h17-19H,3-16H2,1-2H3. The Labute approximate surface area is 121 Å². The zero-order chi connectivity index (χ0) is 13.8. The van der Waals surface area contributed by atoms with Gasteiger partial charge in [-0.2, -0.15) is 0 Å². The predicted molar refractivity (Wildman–Crippen MR) is 86.6 cm³/mol. The zero-order valence-corrected chi connectivity index (χ0v) is 13.6. The van der Waals surface area contributed by atoms with Crippen LogP contribution in [0.1, 0.15) is 97.3 Å². The molecule has 1 N–H and O–H groups in total. The van der Waals surface area contributed by atoms with Gasteiger partial charge in [0, 0.05) is 6.04 Å². The molecular weight excluding hydrogens is 230 g/mol. The van der Waals surface area contributed by atoms with Gasteiger partial charge >= 0.3 is 0 Å². The molecule has 0 aromatic heterocycles. The quantitative estimate of drug-likeness (QED) is 0.396. The first-order valence-corrected chi connectivity index (χ1v) is 9.10. The van der Waals surface area contributed by atoms with E-state index in [0.29, 0.717) is 0 Å². The van der Waals surface area contributed by atoms with Crippen LogP contribution >= 0.6 is 0 Å². The van der Waals surface area contributed by atoms with Gasteiger partial charge in [-0.05, 0) is 25.3 Å². The molecule has 1 aliphatic rings. The summed E-state index contributed by atoms with van der Waals surface area (Å²) in [6.07, 6.45) is 18.9. The molecule has 0 aliphatic heterocycles. The third-order valence-electron chi connectivity index (χ3n) is 4.74. The Morgan fingerprint density at radius 3 is 2.21 bits per heavy atom. The van der Waals surface area contributed by atoms with Gasteiger partial charge in [0.2, 0.25) is 0 Å². The molecule has 0 amide bonds. The van der Waals surface area contributed by atoms with E-state index in [-0.39, 0.29) is 0 Å². The van der Waals surface area contributed by atoms with Crippen molar-refractivity contribution in [1.29, 1.82) is 0 Å². The summed E-state index contributed by atoms with van der Waals surface area (Å²) in [6.45, 7) is 5.71. The van der Waals surface area contributed by atoms with Crippen LogP contribution in [0, 0.1) is 5.92 Å². The number of hydrogen-bond donors (Lipinski definition) is 1. The van der Waals surface area contributed by atoms with Crippen LogP contribution in [-0.2, 0) is 0 Å². The molecular formula is C18H37N. The maximum absolute atomic E-state index is 3.74. The van der Waals surface area contributed by atoms with Gasteiger partial charge in [-0.3, -0.25) is 0 Å². The van der Waals surface area contributed by atoms with E-state index in [4.69, 9.17) is 0 Å². The maximum atomic E-state index is 3.74. The fourth-order valence-corrected chi connectivity index (χ4v) is 3.59. The van der Waals surface area contributed by atoms with Crippen molar-refractivity contribution in [1.82, 2.24) is 5.32 Å². The van der Waals surface area contributed by atoms with Crippen LogP contribution in [0.5, 0.6) is 0 Å². The molecule has 1 fully saturated rings. The van der Waals surface area contributed by atoms with E-state index >= 15 is 0 Å². The summed E-state index contributed by atoms with van der Waals surface area (Å²) < 4.78 is 0. The highest BCUT2D eigenvalue weighted by atomic mass is 14.9. The molecule has 0 aromatic rings. The highest BCUT2D eigenvalue weighted by molar-refractivity contribution is 4.74. The van der Waals surface area contributed by atoms with E-state index in [2.05, 4.69) is 19.2 Å². The summed E-state index contributed by atoms with van der Waals surface area (Å²) in [6, 6.07) is 0.801. The lowest BCUT2D eigenvalue weighted by atomic mass is 9.90. The molecule has 1 saturated carbocycles. The molecule has 0 saturated heterocycles. The van der Waals surface area contributed by atoms with Gasteiger partial charge in [0.15, 0.2) is 0 Å². The average molecular weight is 268 g/mol. The second kappa shape index (κ2) is 11.8. The van der Waals surface area contributed by atoms with Gasteiger partial charge < -0.3 is 5.32 Å². The first kappa shape index (κ1) is 17.0. The van der Waals surface area contributed by atoms with E-state index in [0.717, 1.165) is 18.5 Å². The molecule has 0 bridgehead atoms. The second-order valence-corrected chi connectivity index (χ2v) is 6.55. The number of hydrogen-bond acceptors (Lipinski definition) is 1. The Morgan fingerprint density at radius 1 is 0.895 bits per heavy atom. The number of nitrogens with one attached hydrogen (secondary N) is 1. The molecule has 1 atom stereocenters. The fraction of sp³-hybridized carbons (Fsp3) is 1.00. The summed E-state index contributed by atoms with van der Waals surface area (Å²) in [5, 5.41) is 3.74. The Bertz CT molecular complexity index is 182. The van der Waals surface area contributed by atoms with Crippen LogP contribution in [-0.4, -0.2) is 12.6 Å². The van der Waals surface area contributed by atoms with Gasteiger partial charge in [0.1, 0.15) is 0 Å². The van der Waals surface area contributed by atoms with Crippen molar-refractivity contribution in [2.75, 3.05) is 6.54 Å². The maximum Gasteiger partial charge on any atom is 0.00695 e. The average Bonchev–Trinajstić information content (AvgIpc) is 2.67. The summed E-state index contributed by atoms with van der Waals surface area (Å²) in [7, 11) is 0. The summed E-state index contributed by atoms with van der Waals surface area (Å²) >= 11 is 0. The highest BCUT2D eigenvalue weighted by Crippen LogP contribution is 2.27. The molecule has 19 heavy (non-hydrogen) atoms. The molecule has 0 radical (unpaired) electrons. The van der Waals surface area contributed by atoms with Crippen molar-refractivity contribution >= 4 is 0 Å². The minimum Gasteiger partial charge on any atom is -0.314 e. The first-order valence-electron chi connectivity index (χ1n) is 9.10. The monoisotopic (exact) mass is 267 g/mol. The van der Waals surface area contributed by atoms with Crippen LogP contribution in [0.25, 0.3) is 0 Å². The first-order chi connectivity index (χ1) is 9.36. The molecule has 0 heterocycles. The lowest BCUT2D eigenvalue weighted by molar-refractivity contribution is 0.336. The lowest BCUT2D eigenvalue weighted by Crippen LogP contribution is -2.31. The van der Waals surface area contributed by atoms with E-state index in [1.165, 1.54) is 83.5 Å². The van der Waals surface area contributed by atoms with Crippen molar-refractivity contribution < 1.29 is 0 Å². The van der Waals surface area contributed by atoms with Crippen molar-refractivity contribution in [3.05, 3.63) is 0 Å². The second-order valence-electron chi connectivity index (χ2n) is 6.55. The topological polar surface area (TPSA) is 12.0 Å². The summed E-state index contributed by atoms with van der Waals surface area (Å²) in [4.78, 5) is 0. The SMILES string of the molecule is CCCCCCCC(CC1CCCCCC1)NCC. The van der Waals surface area contributed by atoms with E-state index in [9.17, 15) is 0 Å². The third kappa shape index (κ3) is 8.68. The van der Waals surface area contributed by atoms with E-state index < -0.39 is 0 Å². The molecule has 114 valence electrons. The van der Waals surface area contributed by atoms with Gasteiger partial charge in [0.05, 0.1) is 0 Å². The van der Waals surface area contributed by atoms with Crippen LogP contribution in [0.2, 0.25) is 0 Å². The molecule has 1 nitrogen and oxygen atoms in total. The zero-order valence-electron chi connectivity index (χ0n) is 13.6. The van der Waals surface area contributed by atoms with Gasteiger partial charge in [0.25, 0.3) is 0 Å². The Balaban J connectivity index is 2.18. The van der Waals surface area contributed by atoms with E-state index in [1.54, 1.807) is 0 Å². The van der Waals surface area contributed by atoms with Crippen LogP contribution < -0.4 is 5.32 Å². The van der Waals surface area contributed by atoms with Crippen molar-refractivity contribution in [3.63, 3.8) is 0 Å². The van der Waals surface area contributed by atoms with Gasteiger partial charge in [-0.1, -0.05) is 84.5 Å². The molecule has 1 unspecified atom stereocenters. The largest absolute Gasteiger partial charge is 0.314 e. The smallest absolute Gasteiger partial charge is 0.00695 e. The van der Waals surface area contributed by atoms with Gasteiger partial charge in [-0.15, -0.1) is 0 Å². The minimum atomic E-state index is 0.801. The minimum absolute atomic E-state index is 0.801. The summed E-state index contributed by atoms with van der Waals surface area (Å²) in [5.41, 5.74) is 0. The Kier molecular flexibility index (Phi) is 10.5. The Hall–Kier alpha value is -0.0400. The normalized spacial score (nSPS) is 19.3. The van der Waals surface area contributed by atoms with Crippen molar-refractivity contribution in [3.8, 4) is 0 Å². The lowest BCUT2D eigenvalue weighted by Gasteiger charge is -2.23. The fourth-order valence-electron chi connectivity index (χ4n) is 3.59. The Morgan fingerprint density at radius 2 is 1.58 bits per heavy atom. The number of rotatable bonds is 10. The number of unbranched alkanes of at least 4 members (excludes halogenated alkanes) is 4.